The molecule has 152 valence electrons. The summed E-state index contributed by atoms with van der Waals surface area (Å²) >= 11 is 0. The zero-order valence-electron chi connectivity index (χ0n) is 16.6. The number of Topliss-reactive ketones (excluding diaryl/α,β-unsaturated/α-hetero) is 1. The van der Waals surface area contributed by atoms with E-state index in [4.69, 9.17) is 18.9 Å². The van der Waals surface area contributed by atoms with E-state index in [1.54, 1.807) is 36.4 Å². The third kappa shape index (κ3) is 5.39. The van der Waals surface area contributed by atoms with Crippen molar-refractivity contribution in [2.75, 3.05) is 27.9 Å². The molecule has 1 amide bonds. The molecule has 0 aliphatic rings. The maximum absolute atomic E-state index is 12.2. The number of hydrogen-bond donors (Lipinski definition) is 1. The molecular weight excluding hydrogens is 376 g/mol. The average molecular weight is 398 g/mol. The molecule has 1 unspecified atom stereocenters. The van der Waals surface area contributed by atoms with Crippen LogP contribution in [0.15, 0.2) is 36.4 Å². The van der Waals surface area contributed by atoms with Gasteiger partial charge in [-0.2, -0.15) is 5.26 Å². The van der Waals surface area contributed by atoms with Gasteiger partial charge in [0, 0.05) is 5.56 Å². The van der Waals surface area contributed by atoms with Crippen molar-refractivity contribution < 1.29 is 28.5 Å². The molecule has 0 fully saturated rings. The Kier molecular flexibility index (Phi) is 7.43. The molecule has 0 aliphatic heterocycles. The smallest absolute Gasteiger partial charge is 0.259 e. The van der Waals surface area contributed by atoms with Crippen LogP contribution in [0.25, 0.3) is 0 Å². The van der Waals surface area contributed by atoms with Gasteiger partial charge in [0.2, 0.25) is 5.75 Å². The Hall–Kier alpha value is -3.73. The van der Waals surface area contributed by atoms with Crippen LogP contribution in [-0.2, 0) is 4.79 Å². The Bertz CT molecular complexity index is 893. The highest BCUT2D eigenvalue weighted by atomic mass is 16.5. The Balaban J connectivity index is 2.08. The lowest BCUT2D eigenvalue weighted by Crippen LogP contribution is -2.32. The van der Waals surface area contributed by atoms with E-state index in [2.05, 4.69) is 5.32 Å². The second-order valence-electron chi connectivity index (χ2n) is 5.96. The van der Waals surface area contributed by atoms with E-state index in [0.717, 1.165) is 0 Å². The first-order chi connectivity index (χ1) is 13.9. The number of carbonyl (C=O) groups is 2. The molecule has 2 aromatic carbocycles. The van der Waals surface area contributed by atoms with Gasteiger partial charge in [0.15, 0.2) is 23.9 Å². The molecule has 8 nitrogen and oxygen atoms in total. The summed E-state index contributed by atoms with van der Waals surface area (Å²) in [5.41, 5.74) is 1.02. The lowest BCUT2D eigenvalue weighted by Gasteiger charge is -2.17. The number of rotatable bonds is 9. The molecule has 1 N–H and O–H groups in total. The van der Waals surface area contributed by atoms with Gasteiger partial charge in [0.05, 0.1) is 27.4 Å². The predicted molar refractivity (Wildman–Crippen MR) is 105 cm³/mol. The molecule has 0 aliphatic carbocycles. The van der Waals surface area contributed by atoms with E-state index in [9.17, 15) is 14.9 Å². The highest BCUT2D eigenvalue weighted by Crippen LogP contribution is 2.39. The van der Waals surface area contributed by atoms with Gasteiger partial charge in [0.1, 0.15) is 11.8 Å². The summed E-state index contributed by atoms with van der Waals surface area (Å²) in [4.78, 5) is 23.5. The van der Waals surface area contributed by atoms with Crippen molar-refractivity contribution in [3.05, 3.63) is 47.5 Å². The molecule has 0 bridgehead atoms. The second-order valence-corrected chi connectivity index (χ2v) is 5.96. The summed E-state index contributed by atoms with van der Waals surface area (Å²) in [7, 11) is 4.41. The van der Waals surface area contributed by atoms with Gasteiger partial charge in [-0.3, -0.25) is 9.59 Å². The quantitative estimate of drug-likeness (QED) is 0.647. The Morgan fingerprint density at radius 1 is 1.03 bits per heavy atom. The number of ether oxygens (including phenoxy) is 4. The average Bonchev–Trinajstić information content (AvgIpc) is 2.75. The molecule has 29 heavy (non-hydrogen) atoms. The van der Waals surface area contributed by atoms with Gasteiger partial charge >= 0.3 is 0 Å². The van der Waals surface area contributed by atoms with Crippen molar-refractivity contribution in [1.82, 2.24) is 5.32 Å². The van der Waals surface area contributed by atoms with Gasteiger partial charge < -0.3 is 24.3 Å². The summed E-state index contributed by atoms with van der Waals surface area (Å²) in [6.07, 6.45) is 0. The van der Waals surface area contributed by atoms with E-state index in [1.165, 1.54) is 28.3 Å². The number of nitrogens with one attached hydrogen (secondary N) is 1. The van der Waals surface area contributed by atoms with Crippen LogP contribution in [0.3, 0.4) is 0 Å². The van der Waals surface area contributed by atoms with Crippen molar-refractivity contribution in [1.29, 1.82) is 5.26 Å². The first kappa shape index (κ1) is 21.6. The normalized spacial score (nSPS) is 11.0. The largest absolute Gasteiger partial charge is 0.493 e. The van der Waals surface area contributed by atoms with Crippen LogP contribution < -0.4 is 24.3 Å². The van der Waals surface area contributed by atoms with E-state index in [1.807, 2.05) is 6.07 Å². The summed E-state index contributed by atoms with van der Waals surface area (Å²) in [6.45, 7) is 1.18. The van der Waals surface area contributed by atoms with Crippen molar-refractivity contribution in [3.8, 4) is 29.1 Å². The summed E-state index contributed by atoms with van der Waals surface area (Å²) in [6, 6.07) is 10.7. The lowest BCUT2D eigenvalue weighted by atomic mass is 10.1. The number of amides is 1. The van der Waals surface area contributed by atoms with Gasteiger partial charge in [-0.15, -0.1) is 0 Å². The van der Waals surface area contributed by atoms with Crippen molar-refractivity contribution in [2.24, 2.45) is 0 Å². The molecule has 2 aromatic rings. The van der Waals surface area contributed by atoms with Crippen molar-refractivity contribution in [3.63, 3.8) is 0 Å². The Morgan fingerprint density at radius 2 is 1.62 bits per heavy atom. The first-order valence-electron chi connectivity index (χ1n) is 8.66. The monoisotopic (exact) mass is 398 g/mol. The SMILES string of the molecule is COc1cc(C(C#N)NC(=O)COc2ccc(C(C)=O)cc2)cc(OC)c1OC. The van der Waals surface area contributed by atoms with Crippen LogP contribution in [-0.4, -0.2) is 39.6 Å². The minimum atomic E-state index is -0.945. The zero-order chi connectivity index (χ0) is 21.4. The Morgan fingerprint density at radius 3 is 2.07 bits per heavy atom. The third-order valence-corrected chi connectivity index (χ3v) is 4.09. The lowest BCUT2D eigenvalue weighted by molar-refractivity contribution is -0.123. The molecule has 0 saturated heterocycles. The number of nitriles is 1. The maximum Gasteiger partial charge on any atom is 0.259 e. The maximum atomic E-state index is 12.2. The van der Waals surface area contributed by atoms with Crippen LogP contribution in [0.2, 0.25) is 0 Å². The number of hydrogen-bond acceptors (Lipinski definition) is 7. The highest BCUT2D eigenvalue weighted by Gasteiger charge is 2.20. The summed E-state index contributed by atoms with van der Waals surface area (Å²) < 4.78 is 21.2. The van der Waals surface area contributed by atoms with Gasteiger partial charge in [-0.1, -0.05) is 0 Å². The molecule has 0 saturated carbocycles. The zero-order valence-corrected chi connectivity index (χ0v) is 16.6. The van der Waals surface area contributed by atoms with Crippen LogP contribution in [0.5, 0.6) is 23.0 Å². The molecule has 0 heterocycles. The van der Waals surface area contributed by atoms with E-state index < -0.39 is 11.9 Å². The van der Waals surface area contributed by atoms with Gasteiger partial charge in [0.25, 0.3) is 5.91 Å². The molecule has 1 atom stereocenters. The molecule has 0 radical (unpaired) electrons. The number of ketones is 1. The highest BCUT2D eigenvalue weighted by molar-refractivity contribution is 5.94. The second kappa shape index (κ2) is 9.99. The molecular formula is C21H22N2O6. The number of benzene rings is 2. The van der Waals surface area contributed by atoms with Gasteiger partial charge in [-0.05, 0) is 48.9 Å². The minimum Gasteiger partial charge on any atom is -0.493 e. The van der Waals surface area contributed by atoms with Gasteiger partial charge in [-0.25, -0.2) is 0 Å². The fourth-order valence-electron chi connectivity index (χ4n) is 2.60. The topological polar surface area (TPSA) is 107 Å². The number of nitrogens with zero attached hydrogens (tertiary/aromatic N) is 1. The van der Waals surface area contributed by atoms with E-state index in [-0.39, 0.29) is 12.4 Å². The summed E-state index contributed by atoms with van der Waals surface area (Å²) in [5, 5.41) is 12.1. The molecule has 2 rings (SSSR count). The standard InChI is InChI=1S/C21H22N2O6/c1-13(24)14-5-7-16(8-6-14)29-12-20(25)23-17(11-22)15-9-18(26-2)21(28-4)19(10-15)27-3/h5-10,17H,12H2,1-4H3,(H,23,25). The Labute approximate surface area is 168 Å². The molecule has 0 aromatic heterocycles. The molecule has 8 heteroatoms. The summed E-state index contributed by atoms with van der Waals surface area (Å²) in [5.74, 6) is 1.03. The number of methoxy groups -OCH3 is 3. The van der Waals surface area contributed by atoms with Crippen LogP contribution in [0.4, 0.5) is 0 Å². The fourth-order valence-corrected chi connectivity index (χ4v) is 2.60. The third-order valence-electron chi connectivity index (χ3n) is 4.09. The predicted octanol–water partition coefficient (Wildman–Crippen LogP) is 2.67. The van der Waals surface area contributed by atoms with Crippen LogP contribution >= 0.6 is 0 Å². The van der Waals surface area contributed by atoms with Crippen LogP contribution in [0.1, 0.15) is 28.9 Å². The fraction of sp³-hybridized carbons (Fsp3) is 0.286. The minimum absolute atomic E-state index is 0.0588. The van der Waals surface area contributed by atoms with Crippen molar-refractivity contribution in [2.45, 2.75) is 13.0 Å². The first-order valence-corrected chi connectivity index (χ1v) is 8.66. The number of carbonyl (C=O) groups excluding carboxylic acids is 2. The van der Waals surface area contributed by atoms with Crippen molar-refractivity contribution >= 4 is 11.7 Å². The molecule has 0 spiro atoms. The van der Waals surface area contributed by atoms with E-state index in [0.29, 0.717) is 34.1 Å². The van der Waals surface area contributed by atoms with Crippen LogP contribution in [0, 0.1) is 11.3 Å². The van der Waals surface area contributed by atoms with E-state index >= 15 is 0 Å².